The molecule has 0 aliphatic rings. The number of fused-ring (bicyclic) bond motifs is 1. The summed E-state index contributed by atoms with van der Waals surface area (Å²) >= 11 is 0. The molecule has 0 radical (unpaired) electrons. The van der Waals surface area contributed by atoms with Gasteiger partial charge >= 0.3 is 0 Å². The minimum absolute atomic E-state index is 0. The molecule has 6 heteroatoms. The summed E-state index contributed by atoms with van der Waals surface area (Å²) in [4.78, 5) is 15.9. The van der Waals surface area contributed by atoms with E-state index in [1.807, 2.05) is 36.4 Å². The number of hydrogen-bond donors (Lipinski definition) is 1. The van der Waals surface area contributed by atoms with E-state index >= 15 is 0 Å². The summed E-state index contributed by atoms with van der Waals surface area (Å²) in [5.41, 5.74) is 3.32. The molecule has 1 N–H and O–H groups in total. The molecule has 0 aliphatic heterocycles. The van der Waals surface area contributed by atoms with Crippen molar-refractivity contribution in [2.75, 3.05) is 13.2 Å². The molecule has 0 saturated heterocycles. The largest absolute Gasteiger partial charge is 0.493 e. The zero-order valence-corrected chi connectivity index (χ0v) is 17.3. The molecule has 0 atom stereocenters. The fourth-order valence-electron chi connectivity index (χ4n) is 3.19. The summed E-state index contributed by atoms with van der Waals surface area (Å²) in [6.07, 6.45) is 2.72. The van der Waals surface area contributed by atoms with E-state index in [1.165, 1.54) is 12.5 Å². The van der Waals surface area contributed by atoms with Crippen LogP contribution in [0.25, 0.3) is 11.0 Å². The van der Waals surface area contributed by atoms with Gasteiger partial charge in [0.25, 0.3) is 0 Å². The van der Waals surface area contributed by atoms with Crippen molar-refractivity contribution in [3.63, 3.8) is 0 Å². The quantitative estimate of drug-likeness (QED) is 0.544. The first-order valence-electron chi connectivity index (χ1n) is 9.52. The smallest absolute Gasteiger partial charge is 0.216 e. The third-order valence-electron chi connectivity index (χ3n) is 4.58. The van der Waals surface area contributed by atoms with Crippen LogP contribution in [0.1, 0.15) is 31.2 Å². The second-order valence-corrected chi connectivity index (χ2v) is 6.72. The number of amides is 1. The van der Waals surface area contributed by atoms with Crippen molar-refractivity contribution in [3.8, 4) is 5.75 Å². The Balaban J connectivity index is 0.00000280. The number of imidazole rings is 1. The Bertz CT molecular complexity index is 908. The van der Waals surface area contributed by atoms with Crippen molar-refractivity contribution in [2.45, 2.75) is 39.7 Å². The number of benzene rings is 2. The highest BCUT2D eigenvalue weighted by atomic mass is 35.5. The van der Waals surface area contributed by atoms with Crippen LogP contribution in [0.15, 0.2) is 48.5 Å². The fraction of sp³-hybridized carbons (Fsp3) is 0.364. The number of nitrogens with zero attached hydrogens (tertiary/aromatic N) is 2. The summed E-state index contributed by atoms with van der Waals surface area (Å²) in [5.74, 6) is 1.97. The van der Waals surface area contributed by atoms with Crippen LogP contribution in [-0.4, -0.2) is 28.6 Å². The Morgan fingerprint density at radius 2 is 1.86 bits per heavy atom. The lowest BCUT2D eigenvalue weighted by Crippen LogP contribution is -2.23. The SMILES string of the molecule is CC(=O)NCCc1nc2ccccc2n1CCCCOc1ccccc1C.Cl. The Morgan fingerprint density at radius 1 is 1.11 bits per heavy atom. The van der Waals surface area contributed by atoms with E-state index in [4.69, 9.17) is 9.72 Å². The fourth-order valence-corrected chi connectivity index (χ4v) is 3.19. The van der Waals surface area contributed by atoms with E-state index < -0.39 is 0 Å². The molecule has 1 amide bonds. The number of aryl methyl sites for hydroxylation is 2. The summed E-state index contributed by atoms with van der Waals surface area (Å²) < 4.78 is 8.16. The molecule has 3 rings (SSSR count). The molecule has 5 nitrogen and oxygen atoms in total. The molecule has 1 heterocycles. The lowest BCUT2D eigenvalue weighted by atomic mass is 10.2. The number of carbonyl (C=O) groups excluding carboxylic acids is 1. The number of para-hydroxylation sites is 3. The van der Waals surface area contributed by atoms with Gasteiger partial charge in [0.05, 0.1) is 17.6 Å². The van der Waals surface area contributed by atoms with Crippen LogP contribution in [0.3, 0.4) is 0 Å². The number of carbonyl (C=O) groups is 1. The van der Waals surface area contributed by atoms with Crippen molar-refractivity contribution in [3.05, 3.63) is 59.9 Å². The number of aromatic nitrogens is 2. The van der Waals surface area contributed by atoms with Gasteiger partial charge in [-0.25, -0.2) is 4.98 Å². The summed E-state index contributed by atoms with van der Waals surface area (Å²) in [6.45, 7) is 5.81. The first-order valence-corrected chi connectivity index (χ1v) is 9.52. The van der Waals surface area contributed by atoms with Gasteiger partial charge in [-0.15, -0.1) is 12.4 Å². The number of hydrogen-bond acceptors (Lipinski definition) is 3. The molecular weight excluding hydrogens is 374 g/mol. The first kappa shape index (κ1) is 21.8. The Hall–Kier alpha value is -2.53. The van der Waals surface area contributed by atoms with Crippen LogP contribution in [0.4, 0.5) is 0 Å². The molecule has 0 saturated carbocycles. The number of halogens is 1. The van der Waals surface area contributed by atoms with Crippen molar-refractivity contribution in [1.29, 1.82) is 0 Å². The second kappa shape index (κ2) is 10.7. The lowest BCUT2D eigenvalue weighted by Gasteiger charge is -2.11. The predicted molar refractivity (Wildman–Crippen MR) is 115 cm³/mol. The zero-order valence-electron chi connectivity index (χ0n) is 16.5. The van der Waals surface area contributed by atoms with Crippen LogP contribution in [0.2, 0.25) is 0 Å². The molecule has 0 unspecified atom stereocenters. The molecule has 0 fully saturated rings. The first-order chi connectivity index (χ1) is 13.1. The monoisotopic (exact) mass is 401 g/mol. The molecule has 0 spiro atoms. The third-order valence-corrected chi connectivity index (χ3v) is 4.58. The van der Waals surface area contributed by atoms with Gasteiger partial charge in [0, 0.05) is 26.4 Å². The molecular formula is C22H28ClN3O2. The second-order valence-electron chi connectivity index (χ2n) is 6.72. The highest BCUT2D eigenvalue weighted by Crippen LogP contribution is 2.19. The van der Waals surface area contributed by atoms with Crippen LogP contribution >= 0.6 is 12.4 Å². The van der Waals surface area contributed by atoms with Gasteiger partial charge in [0.15, 0.2) is 0 Å². The van der Waals surface area contributed by atoms with E-state index in [9.17, 15) is 4.79 Å². The van der Waals surface area contributed by atoms with E-state index in [-0.39, 0.29) is 18.3 Å². The molecule has 1 aromatic heterocycles. The number of ether oxygens (including phenoxy) is 1. The van der Waals surface area contributed by atoms with E-state index in [2.05, 4.69) is 28.9 Å². The van der Waals surface area contributed by atoms with Crippen LogP contribution in [-0.2, 0) is 17.8 Å². The Morgan fingerprint density at radius 3 is 2.64 bits per heavy atom. The Kier molecular flexibility index (Phi) is 8.33. The summed E-state index contributed by atoms with van der Waals surface area (Å²) in [6, 6.07) is 16.3. The van der Waals surface area contributed by atoms with Crippen molar-refractivity contribution in [2.24, 2.45) is 0 Å². The highest BCUT2D eigenvalue weighted by molar-refractivity contribution is 5.85. The van der Waals surface area contributed by atoms with Gasteiger partial charge in [-0.05, 0) is 43.5 Å². The lowest BCUT2D eigenvalue weighted by molar-refractivity contribution is -0.118. The average molecular weight is 402 g/mol. The van der Waals surface area contributed by atoms with Crippen molar-refractivity contribution in [1.82, 2.24) is 14.9 Å². The maximum atomic E-state index is 11.1. The van der Waals surface area contributed by atoms with E-state index in [1.54, 1.807) is 0 Å². The minimum Gasteiger partial charge on any atom is -0.493 e. The van der Waals surface area contributed by atoms with Gasteiger partial charge in [0.1, 0.15) is 11.6 Å². The van der Waals surface area contributed by atoms with Gasteiger partial charge in [-0.1, -0.05) is 30.3 Å². The molecule has 0 aliphatic carbocycles. The highest BCUT2D eigenvalue weighted by Gasteiger charge is 2.10. The minimum atomic E-state index is -0.00832. The molecule has 3 aromatic rings. The summed E-state index contributed by atoms with van der Waals surface area (Å²) in [7, 11) is 0. The van der Waals surface area contributed by atoms with Gasteiger partial charge in [0.2, 0.25) is 5.91 Å². The topological polar surface area (TPSA) is 56.2 Å². The van der Waals surface area contributed by atoms with Gasteiger partial charge < -0.3 is 14.6 Å². The van der Waals surface area contributed by atoms with Crippen molar-refractivity contribution >= 4 is 29.3 Å². The van der Waals surface area contributed by atoms with Crippen molar-refractivity contribution < 1.29 is 9.53 Å². The number of unbranched alkanes of at least 4 members (excludes halogenated alkanes) is 1. The maximum absolute atomic E-state index is 11.1. The van der Waals surface area contributed by atoms with Crippen LogP contribution in [0.5, 0.6) is 5.75 Å². The average Bonchev–Trinajstić information content (AvgIpc) is 3.00. The Labute approximate surface area is 172 Å². The van der Waals surface area contributed by atoms with Crippen LogP contribution < -0.4 is 10.1 Å². The zero-order chi connectivity index (χ0) is 19.1. The van der Waals surface area contributed by atoms with Gasteiger partial charge in [-0.3, -0.25) is 4.79 Å². The predicted octanol–water partition coefficient (Wildman–Crippen LogP) is 4.30. The number of rotatable bonds is 9. The van der Waals surface area contributed by atoms with E-state index in [0.717, 1.165) is 48.4 Å². The van der Waals surface area contributed by atoms with Crippen LogP contribution in [0, 0.1) is 6.92 Å². The number of nitrogens with one attached hydrogen (secondary N) is 1. The maximum Gasteiger partial charge on any atom is 0.216 e. The molecule has 0 bridgehead atoms. The van der Waals surface area contributed by atoms with E-state index in [0.29, 0.717) is 13.2 Å². The van der Waals surface area contributed by atoms with Gasteiger partial charge in [-0.2, -0.15) is 0 Å². The normalized spacial score (nSPS) is 10.5. The summed E-state index contributed by atoms with van der Waals surface area (Å²) in [5, 5.41) is 2.85. The third kappa shape index (κ3) is 5.73. The molecule has 2 aromatic carbocycles. The standard InChI is InChI=1S/C22H27N3O2.ClH/c1-17-9-3-6-12-21(17)27-16-8-7-15-25-20-11-5-4-10-19(20)24-22(25)13-14-23-18(2)26;/h3-6,9-12H,7-8,13-16H2,1-2H3,(H,23,26);1H. The molecule has 150 valence electrons. The molecule has 28 heavy (non-hydrogen) atoms.